The Morgan fingerprint density at radius 3 is 2.52 bits per heavy atom. The van der Waals surface area contributed by atoms with Gasteiger partial charge in [-0.15, -0.1) is 0 Å². The van der Waals surface area contributed by atoms with Crippen LogP contribution >= 0.6 is 0 Å². The van der Waals surface area contributed by atoms with E-state index in [0.29, 0.717) is 17.8 Å². The van der Waals surface area contributed by atoms with E-state index < -0.39 is 5.92 Å². The van der Waals surface area contributed by atoms with Crippen molar-refractivity contribution in [3.05, 3.63) is 64.7 Å². The minimum atomic E-state index is -0.544. The van der Waals surface area contributed by atoms with Gasteiger partial charge in [-0.1, -0.05) is 24.3 Å². The zero-order valence-electron chi connectivity index (χ0n) is 16.3. The largest absolute Gasteiger partial charge is 0.338 e. The van der Waals surface area contributed by atoms with Crippen molar-refractivity contribution in [3.8, 4) is 0 Å². The molecule has 0 fully saturated rings. The summed E-state index contributed by atoms with van der Waals surface area (Å²) in [6.07, 6.45) is 1.70. The van der Waals surface area contributed by atoms with Crippen molar-refractivity contribution in [1.29, 1.82) is 0 Å². The lowest BCUT2D eigenvalue weighted by molar-refractivity contribution is -0.856. The molecule has 0 spiro atoms. The van der Waals surface area contributed by atoms with Crippen LogP contribution in [0, 0.1) is 13.8 Å². The number of amides is 2. The van der Waals surface area contributed by atoms with E-state index in [1.165, 1.54) is 9.80 Å². The number of imide groups is 1. The van der Waals surface area contributed by atoms with Gasteiger partial charge in [0.05, 0.1) is 38.8 Å². The van der Waals surface area contributed by atoms with E-state index in [4.69, 9.17) is 0 Å². The number of nitrogens with one attached hydrogen (secondary N) is 1. The maximum absolute atomic E-state index is 13.2. The SMILES string of the molecule is Cc1ccc(N2C(=O)c3ccccc3[C@@H](C=NCC[NH+](C)C)C2=O)cc1C. The molecule has 1 heterocycles. The third kappa shape index (κ3) is 3.83. The first-order valence-corrected chi connectivity index (χ1v) is 9.23. The van der Waals surface area contributed by atoms with Crippen LogP contribution in [-0.2, 0) is 4.79 Å². The number of rotatable bonds is 5. The summed E-state index contributed by atoms with van der Waals surface area (Å²) in [5.74, 6) is -1.07. The highest BCUT2D eigenvalue weighted by atomic mass is 16.2. The summed E-state index contributed by atoms with van der Waals surface area (Å²) >= 11 is 0. The van der Waals surface area contributed by atoms with Crippen LogP contribution in [0.2, 0.25) is 0 Å². The van der Waals surface area contributed by atoms with Crippen LogP contribution < -0.4 is 9.80 Å². The van der Waals surface area contributed by atoms with Crippen molar-refractivity contribution in [2.75, 3.05) is 32.1 Å². The van der Waals surface area contributed by atoms with E-state index in [9.17, 15) is 9.59 Å². The average Bonchev–Trinajstić information content (AvgIpc) is 2.64. The number of aliphatic imine (C=N–C) groups is 1. The lowest BCUT2D eigenvalue weighted by Crippen LogP contribution is -3.06. The number of benzene rings is 2. The van der Waals surface area contributed by atoms with Crippen LogP contribution in [0.3, 0.4) is 0 Å². The number of quaternary nitrogens is 1. The second-order valence-electron chi connectivity index (χ2n) is 7.32. The first kappa shape index (κ1) is 19.0. The van der Waals surface area contributed by atoms with Crippen molar-refractivity contribution in [2.24, 2.45) is 4.99 Å². The second kappa shape index (κ2) is 7.84. The number of nitrogens with zero attached hydrogens (tertiary/aromatic N) is 2. The highest BCUT2D eigenvalue weighted by Crippen LogP contribution is 2.32. The molecule has 0 unspecified atom stereocenters. The van der Waals surface area contributed by atoms with E-state index in [0.717, 1.165) is 23.2 Å². The Labute approximate surface area is 160 Å². The molecule has 5 heteroatoms. The van der Waals surface area contributed by atoms with Gasteiger partial charge < -0.3 is 4.90 Å². The van der Waals surface area contributed by atoms with Crippen LogP contribution in [0.25, 0.3) is 0 Å². The Hall–Kier alpha value is -2.79. The number of hydrogen-bond acceptors (Lipinski definition) is 3. The van der Waals surface area contributed by atoms with Crippen LogP contribution in [0.4, 0.5) is 5.69 Å². The third-order valence-electron chi connectivity index (χ3n) is 4.96. The number of aryl methyl sites for hydroxylation is 2. The van der Waals surface area contributed by atoms with Crippen molar-refractivity contribution in [3.63, 3.8) is 0 Å². The van der Waals surface area contributed by atoms with Gasteiger partial charge in [-0.05, 0) is 48.7 Å². The molecule has 1 N–H and O–H groups in total. The molecule has 0 bridgehead atoms. The third-order valence-corrected chi connectivity index (χ3v) is 4.96. The van der Waals surface area contributed by atoms with Crippen LogP contribution in [0.1, 0.15) is 33.0 Å². The smallest absolute Gasteiger partial charge is 0.265 e. The predicted molar refractivity (Wildman–Crippen MR) is 108 cm³/mol. The Balaban J connectivity index is 2.00. The van der Waals surface area contributed by atoms with E-state index >= 15 is 0 Å². The minimum absolute atomic E-state index is 0.247. The molecule has 0 aliphatic carbocycles. The molecular formula is C22H26N3O2+. The van der Waals surface area contributed by atoms with Gasteiger partial charge in [-0.2, -0.15) is 0 Å². The van der Waals surface area contributed by atoms with Gasteiger partial charge in [0.15, 0.2) is 0 Å². The summed E-state index contributed by atoms with van der Waals surface area (Å²) in [5, 5.41) is 0. The summed E-state index contributed by atoms with van der Waals surface area (Å²) in [6.45, 7) is 5.52. The Kier molecular flexibility index (Phi) is 5.51. The van der Waals surface area contributed by atoms with Gasteiger partial charge >= 0.3 is 0 Å². The second-order valence-corrected chi connectivity index (χ2v) is 7.32. The standard InChI is InChI=1S/C22H25N3O2/c1-15-9-10-17(13-16(15)2)25-21(26)19-8-6-5-7-18(19)20(22(25)27)14-23-11-12-24(3)4/h5-10,13-14,20H,11-12H2,1-4H3/p+1/t20-/m1/s1. The summed E-state index contributed by atoms with van der Waals surface area (Å²) in [6, 6.07) is 13.0. The van der Waals surface area contributed by atoms with E-state index in [2.05, 4.69) is 19.1 Å². The number of fused-ring (bicyclic) bond motifs is 1. The molecule has 1 atom stereocenters. The molecular weight excluding hydrogens is 338 g/mol. The fourth-order valence-corrected chi connectivity index (χ4v) is 3.18. The van der Waals surface area contributed by atoms with Gasteiger partial charge in [0.2, 0.25) is 5.91 Å². The molecule has 1 aliphatic rings. The molecule has 0 radical (unpaired) electrons. The normalized spacial score (nSPS) is 17.1. The maximum atomic E-state index is 13.2. The zero-order chi connectivity index (χ0) is 19.6. The van der Waals surface area contributed by atoms with Crippen LogP contribution in [0.5, 0.6) is 0 Å². The first-order valence-electron chi connectivity index (χ1n) is 9.23. The molecule has 3 rings (SSSR count). The Morgan fingerprint density at radius 1 is 1.07 bits per heavy atom. The maximum Gasteiger partial charge on any atom is 0.265 e. The average molecular weight is 364 g/mol. The summed E-state index contributed by atoms with van der Waals surface area (Å²) in [7, 11) is 4.13. The number of anilines is 1. The van der Waals surface area contributed by atoms with Crippen LogP contribution in [-0.4, -0.2) is 45.2 Å². The topological polar surface area (TPSA) is 54.2 Å². The lowest BCUT2D eigenvalue weighted by atomic mass is 9.88. The highest BCUT2D eigenvalue weighted by Gasteiger charge is 2.38. The van der Waals surface area contributed by atoms with Gasteiger partial charge in [0.25, 0.3) is 5.91 Å². The summed E-state index contributed by atoms with van der Waals surface area (Å²) in [5.41, 5.74) is 4.07. The molecule has 27 heavy (non-hydrogen) atoms. The van der Waals surface area contributed by atoms with E-state index in [1.54, 1.807) is 12.3 Å². The number of carbonyl (C=O) groups is 2. The molecule has 0 aromatic heterocycles. The zero-order valence-corrected chi connectivity index (χ0v) is 16.3. The molecule has 0 saturated heterocycles. The minimum Gasteiger partial charge on any atom is -0.338 e. The van der Waals surface area contributed by atoms with Crippen molar-refractivity contribution in [1.82, 2.24) is 0 Å². The Bertz CT molecular complexity index is 902. The predicted octanol–water partition coefficient (Wildman–Crippen LogP) is 1.79. The monoisotopic (exact) mass is 364 g/mol. The number of carbonyl (C=O) groups excluding carboxylic acids is 2. The molecule has 0 saturated carbocycles. The van der Waals surface area contributed by atoms with E-state index in [-0.39, 0.29) is 11.8 Å². The quantitative estimate of drug-likeness (QED) is 0.650. The van der Waals surface area contributed by atoms with Crippen LogP contribution in [0.15, 0.2) is 47.5 Å². The van der Waals surface area contributed by atoms with Gasteiger partial charge in [-0.25, -0.2) is 4.90 Å². The van der Waals surface area contributed by atoms with Gasteiger partial charge in [0, 0.05) is 11.8 Å². The summed E-state index contributed by atoms with van der Waals surface area (Å²) < 4.78 is 0. The molecule has 2 aromatic carbocycles. The van der Waals surface area contributed by atoms with Crippen molar-refractivity contribution < 1.29 is 14.5 Å². The van der Waals surface area contributed by atoms with Crippen molar-refractivity contribution >= 4 is 23.7 Å². The fourth-order valence-electron chi connectivity index (χ4n) is 3.18. The first-order chi connectivity index (χ1) is 12.9. The lowest BCUT2D eigenvalue weighted by Gasteiger charge is -2.31. The van der Waals surface area contributed by atoms with Crippen molar-refractivity contribution in [2.45, 2.75) is 19.8 Å². The van der Waals surface area contributed by atoms with Gasteiger partial charge in [0.1, 0.15) is 0 Å². The molecule has 2 amide bonds. The highest BCUT2D eigenvalue weighted by molar-refractivity contribution is 6.29. The number of hydrogen-bond donors (Lipinski definition) is 1. The molecule has 1 aliphatic heterocycles. The van der Waals surface area contributed by atoms with Gasteiger partial charge in [-0.3, -0.25) is 14.6 Å². The fraction of sp³-hybridized carbons (Fsp3) is 0.318. The molecule has 5 nitrogen and oxygen atoms in total. The molecule has 2 aromatic rings. The van der Waals surface area contributed by atoms with E-state index in [1.807, 2.05) is 50.2 Å². The molecule has 140 valence electrons. The summed E-state index contributed by atoms with van der Waals surface area (Å²) in [4.78, 5) is 33.3. The Morgan fingerprint density at radius 2 is 1.81 bits per heavy atom. The number of likely N-dealkylation sites (N-methyl/N-ethyl adjacent to an activating group) is 1.